The molecule has 1 N–H and O–H groups in total. The molecule has 0 atom stereocenters. The monoisotopic (exact) mass is 470 g/mol. The number of amides is 1. The van der Waals surface area contributed by atoms with Gasteiger partial charge in [-0.1, -0.05) is 18.2 Å². The van der Waals surface area contributed by atoms with E-state index in [1.54, 1.807) is 10.6 Å². The summed E-state index contributed by atoms with van der Waals surface area (Å²) in [5, 5.41) is 3.03. The number of sulfonamides is 1. The number of aromatic nitrogens is 1. The van der Waals surface area contributed by atoms with E-state index >= 15 is 0 Å². The third-order valence-electron chi connectivity index (χ3n) is 5.57. The number of pyridine rings is 1. The van der Waals surface area contributed by atoms with Gasteiger partial charge < -0.3 is 14.8 Å². The topological polar surface area (TPSA) is 91.7 Å². The van der Waals surface area contributed by atoms with Crippen LogP contribution in [0.25, 0.3) is 10.9 Å². The Bertz CT molecular complexity index is 1300. The zero-order valence-electron chi connectivity index (χ0n) is 19.4. The molecule has 33 heavy (non-hydrogen) atoms. The van der Waals surface area contributed by atoms with Gasteiger partial charge >= 0.3 is 0 Å². The fraction of sp³-hybridized carbons (Fsp3) is 0.333. The van der Waals surface area contributed by atoms with Crippen molar-refractivity contribution in [3.63, 3.8) is 0 Å². The van der Waals surface area contributed by atoms with Crippen LogP contribution < -0.4 is 15.6 Å². The maximum atomic E-state index is 13.1. The van der Waals surface area contributed by atoms with Crippen molar-refractivity contribution in [3.8, 4) is 0 Å². The summed E-state index contributed by atoms with van der Waals surface area (Å²) < 4.78 is 27.9. The number of carbonyl (C=O) groups is 1. The summed E-state index contributed by atoms with van der Waals surface area (Å²) in [6, 6.07) is 14.4. The Hall–Kier alpha value is -3.17. The van der Waals surface area contributed by atoms with E-state index in [9.17, 15) is 18.0 Å². The Morgan fingerprint density at radius 3 is 2.39 bits per heavy atom. The van der Waals surface area contributed by atoms with Crippen LogP contribution in [-0.2, 0) is 16.6 Å². The zero-order valence-corrected chi connectivity index (χ0v) is 20.2. The Morgan fingerprint density at radius 2 is 1.76 bits per heavy atom. The number of nitrogens with zero attached hydrogens (tertiary/aromatic N) is 3. The van der Waals surface area contributed by atoms with Crippen LogP contribution in [0.2, 0.25) is 0 Å². The molecule has 0 aliphatic heterocycles. The molecule has 8 nitrogen and oxygen atoms in total. The number of fused-ring (bicyclic) bond motifs is 1. The van der Waals surface area contributed by atoms with Crippen LogP contribution in [0.1, 0.15) is 23.7 Å². The van der Waals surface area contributed by atoms with Gasteiger partial charge in [0.05, 0.1) is 10.4 Å². The van der Waals surface area contributed by atoms with Crippen molar-refractivity contribution < 1.29 is 13.2 Å². The molecule has 0 aliphatic rings. The summed E-state index contributed by atoms with van der Waals surface area (Å²) in [5.74, 6) is -0.465. The lowest BCUT2D eigenvalue weighted by Gasteiger charge is -2.19. The van der Waals surface area contributed by atoms with Crippen LogP contribution in [0.5, 0.6) is 0 Å². The number of hydrogen-bond acceptors (Lipinski definition) is 5. The summed E-state index contributed by atoms with van der Waals surface area (Å²) in [5.41, 5.74) is 1.19. The second kappa shape index (κ2) is 10.2. The fourth-order valence-electron chi connectivity index (χ4n) is 3.60. The number of para-hydroxylation sites is 1. The molecule has 9 heteroatoms. The molecular formula is C24H30N4O4S. The largest absolute Gasteiger partial charge is 0.375 e. The lowest BCUT2D eigenvalue weighted by atomic mass is 10.1. The van der Waals surface area contributed by atoms with Gasteiger partial charge in [-0.25, -0.2) is 12.7 Å². The fourth-order valence-corrected chi connectivity index (χ4v) is 4.52. The standard InChI is InChI=1S/C24H30N4O4S/c1-5-28-17-21(24(30)25-14-9-15-27(4)18-10-7-6-8-11-18)23(29)20-16-19(12-13-22(20)28)33(31,32)26(2)3/h6-8,10-13,16-17H,5,9,14-15H2,1-4H3,(H,25,30). The van der Waals surface area contributed by atoms with Gasteiger partial charge in [0, 0.05) is 58.0 Å². The maximum Gasteiger partial charge on any atom is 0.256 e. The van der Waals surface area contributed by atoms with Crippen LogP contribution in [0.3, 0.4) is 0 Å². The molecule has 0 bridgehead atoms. The van der Waals surface area contributed by atoms with Gasteiger partial charge in [-0.15, -0.1) is 0 Å². The quantitative estimate of drug-likeness (QED) is 0.485. The molecule has 1 heterocycles. The number of benzene rings is 2. The molecule has 0 spiro atoms. The van der Waals surface area contributed by atoms with Crippen molar-refractivity contribution >= 4 is 32.5 Å². The lowest BCUT2D eigenvalue weighted by molar-refractivity contribution is 0.0952. The minimum Gasteiger partial charge on any atom is -0.375 e. The highest BCUT2D eigenvalue weighted by Crippen LogP contribution is 2.20. The van der Waals surface area contributed by atoms with Crippen molar-refractivity contribution in [2.45, 2.75) is 24.8 Å². The van der Waals surface area contributed by atoms with Gasteiger partial charge in [0.1, 0.15) is 5.56 Å². The first-order valence-corrected chi connectivity index (χ1v) is 12.2. The predicted molar refractivity (Wildman–Crippen MR) is 131 cm³/mol. The summed E-state index contributed by atoms with van der Waals surface area (Å²) in [6.45, 7) is 3.58. The highest BCUT2D eigenvalue weighted by molar-refractivity contribution is 7.89. The first-order valence-electron chi connectivity index (χ1n) is 10.8. The molecule has 0 saturated carbocycles. The van der Waals surface area contributed by atoms with Crippen LogP contribution >= 0.6 is 0 Å². The minimum absolute atomic E-state index is 0.000153. The van der Waals surface area contributed by atoms with E-state index in [1.165, 1.54) is 32.4 Å². The average Bonchev–Trinajstić information content (AvgIpc) is 2.82. The molecule has 0 saturated heterocycles. The summed E-state index contributed by atoms with van der Waals surface area (Å²) in [4.78, 5) is 28.1. The van der Waals surface area contributed by atoms with E-state index in [4.69, 9.17) is 0 Å². The molecular weight excluding hydrogens is 440 g/mol. The van der Waals surface area contributed by atoms with Crippen LogP contribution in [0.4, 0.5) is 5.69 Å². The number of hydrogen-bond donors (Lipinski definition) is 1. The first kappa shape index (κ1) is 24.5. The number of carbonyl (C=O) groups excluding carboxylic acids is 1. The van der Waals surface area contributed by atoms with E-state index in [-0.39, 0.29) is 15.8 Å². The molecule has 1 amide bonds. The molecule has 1 aromatic heterocycles. The molecule has 2 aromatic carbocycles. The summed E-state index contributed by atoms with van der Waals surface area (Å²) >= 11 is 0. The van der Waals surface area contributed by atoms with Gasteiger partial charge in [0.2, 0.25) is 15.5 Å². The molecule has 176 valence electrons. The molecule has 0 fully saturated rings. The van der Waals surface area contributed by atoms with Gasteiger partial charge in [-0.3, -0.25) is 9.59 Å². The van der Waals surface area contributed by atoms with E-state index in [0.717, 1.165) is 16.5 Å². The summed E-state index contributed by atoms with van der Waals surface area (Å²) in [7, 11) is 1.15. The Morgan fingerprint density at radius 1 is 1.06 bits per heavy atom. The molecule has 3 aromatic rings. The van der Waals surface area contributed by atoms with Gasteiger partial charge in [-0.2, -0.15) is 0 Å². The number of nitrogens with one attached hydrogen (secondary N) is 1. The molecule has 0 unspecified atom stereocenters. The van der Waals surface area contributed by atoms with Crippen LogP contribution in [0.15, 0.2) is 64.4 Å². The third-order valence-corrected chi connectivity index (χ3v) is 7.38. The first-order chi connectivity index (χ1) is 15.7. The second-order valence-corrected chi connectivity index (χ2v) is 10.1. The highest BCUT2D eigenvalue weighted by atomic mass is 32.2. The van der Waals surface area contributed by atoms with Crippen LogP contribution in [-0.4, -0.2) is 57.4 Å². The Labute approximate surface area is 194 Å². The zero-order chi connectivity index (χ0) is 24.2. The smallest absolute Gasteiger partial charge is 0.256 e. The van der Waals surface area contributed by atoms with E-state index in [2.05, 4.69) is 10.2 Å². The highest BCUT2D eigenvalue weighted by Gasteiger charge is 2.21. The Kier molecular flexibility index (Phi) is 7.55. The normalized spacial score (nSPS) is 11.7. The molecule has 3 rings (SSSR count). The van der Waals surface area contributed by atoms with Crippen molar-refractivity contribution in [3.05, 3.63) is 70.5 Å². The maximum absolute atomic E-state index is 13.1. The number of anilines is 1. The lowest BCUT2D eigenvalue weighted by Crippen LogP contribution is -2.32. The van der Waals surface area contributed by atoms with Crippen molar-refractivity contribution in [1.82, 2.24) is 14.2 Å². The second-order valence-electron chi connectivity index (χ2n) is 7.99. The van der Waals surface area contributed by atoms with Crippen molar-refractivity contribution in [2.75, 3.05) is 39.1 Å². The van der Waals surface area contributed by atoms with Crippen molar-refractivity contribution in [1.29, 1.82) is 0 Å². The van der Waals surface area contributed by atoms with E-state index < -0.39 is 21.4 Å². The minimum atomic E-state index is -3.71. The molecule has 0 radical (unpaired) electrons. The Balaban J connectivity index is 1.81. The van der Waals surface area contributed by atoms with Crippen LogP contribution in [0, 0.1) is 0 Å². The number of rotatable bonds is 9. The number of aryl methyl sites for hydroxylation is 1. The van der Waals surface area contributed by atoms with Gasteiger partial charge in [0.25, 0.3) is 5.91 Å². The van der Waals surface area contributed by atoms with E-state index in [0.29, 0.717) is 25.0 Å². The summed E-state index contributed by atoms with van der Waals surface area (Å²) in [6.07, 6.45) is 2.24. The predicted octanol–water partition coefficient (Wildman–Crippen LogP) is 2.53. The SMILES string of the molecule is CCn1cc(C(=O)NCCCN(C)c2ccccc2)c(=O)c2cc(S(=O)(=O)N(C)C)ccc21. The van der Waals surface area contributed by atoms with Gasteiger partial charge in [0.15, 0.2) is 0 Å². The average molecular weight is 471 g/mol. The van der Waals surface area contributed by atoms with Gasteiger partial charge in [-0.05, 0) is 43.7 Å². The third kappa shape index (κ3) is 5.26. The van der Waals surface area contributed by atoms with Crippen molar-refractivity contribution in [2.24, 2.45) is 0 Å². The van der Waals surface area contributed by atoms with E-state index in [1.807, 2.05) is 44.3 Å². The molecule has 0 aliphatic carbocycles.